The van der Waals surface area contributed by atoms with Crippen LogP contribution in [0.4, 0.5) is 0 Å². The van der Waals surface area contributed by atoms with Gasteiger partial charge in [-0.1, -0.05) is 31.9 Å². The summed E-state index contributed by atoms with van der Waals surface area (Å²) in [6.45, 7) is 0. The number of benzene rings is 1. The molecule has 2 rings (SSSR count). The van der Waals surface area contributed by atoms with Gasteiger partial charge in [0.05, 0.1) is 3.79 Å². The van der Waals surface area contributed by atoms with Gasteiger partial charge in [0.1, 0.15) is 0 Å². The summed E-state index contributed by atoms with van der Waals surface area (Å²) in [4.78, 5) is 0. The lowest BCUT2D eigenvalue weighted by atomic mass is 10.2. The SMILES string of the molecule is BrCc1cc(Br)cc2cc(Br)sc12. The van der Waals surface area contributed by atoms with E-state index in [2.05, 4.69) is 66.0 Å². The average molecular weight is 385 g/mol. The molecule has 0 fully saturated rings. The fourth-order valence-corrected chi connectivity index (χ4v) is 4.02. The average Bonchev–Trinajstić information content (AvgIpc) is 2.43. The van der Waals surface area contributed by atoms with E-state index in [1.54, 1.807) is 11.3 Å². The second-order valence-corrected chi connectivity index (χ2v) is 6.58. The lowest BCUT2D eigenvalue weighted by Gasteiger charge is -1.98. The molecule has 0 saturated carbocycles. The summed E-state index contributed by atoms with van der Waals surface area (Å²) >= 11 is 12.3. The van der Waals surface area contributed by atoms with Crippen LogP contribution >= 0.6 is 59.1 Å². The summed E-state index contributed by atoms with van der Waals surface area (Å²) in [5.74, 6) is 0. The Morgan fingerprint density at radius 2 is 1.92 bits per heavy atom. The topological polar surface area (TPSA) is 0 Å². The maximum absolute atomic E-state index is 3.50. The highest BCUT2D eigenvalue weighted by Crippen LogP contribution is 2.35. The molecule has 4 heteroatoms. The van der Waals surface area contributed by atoms with Crippen LogP contribution in [0.2, 0.25) is 0 Å². The highest BCUT2D eigenvalue weighted by atomic mass is 79.9. The minimum Gasteiger partial charge on any atom is -0.128 e. The first kappa shape index (κ1) is 10.1. The first-order chi connectivity index (χ1) is 6.20. The number of halogens is 3. The zero-order valence-corrected chi connectivity index (χ0v) is 12.1. The quantitative estimate of drug-likeness (QED) is 0.583. The van der Waals surface area contributed by atoms with E-state index in [4.69, 9.17) is 0 Å². The second kappa shape index (κ2) is 4.01. The van der Waals surface area contributed by atoms with E-state index in [-0.39, 0.29) is 0 Å². The molecule has 0 aliphatic carbocycles. The number of hydrogen-bond acceptors (Lipinski definition) is 1. The van der Waals surface area contributed by atoms with Crippen molar-refractivity contribution in [2.24, 2.45) is 0 Å². The Bertz CT molecular complexity index is 447. The Balaban J connectivity index is 2.80. The van der Waals surface area contributed by atoms with Gasteiger partial charge in [-0.05, 0) is 45.1 Å². The van der Waals surface area contributed by atoms with E-state index in [0.717, 1.165) is 9.80 Å². The van der Waals surface area contributed by atoms with Gasteiger partial charge >= 0.3 is 0 Å². The van der Waals surface area contributed by atoms with E-state index < -0.39 is 0 Å². The van der Waals surface area contributed by atoms with Gasteiger partial charge in [0, 0.05) is 14.5 Å². The number of rotatable bonds is 1. The maximum Gasteiger partial charge on any atom is 0.0711 e. The predicted octanol–water partition coefficient (Wildman–Crippen LogP) is 5.32. The van der Waals surface area contributed by atoms with Crippen molar-refractivity contribution in [3.63, 3.8) is 0 Å². The smallest absolute Gasteiger partial charge is 0.0711 e. The molecule has 68 valence electrons. The highest BCUT2D eigenvalue weighted by molar-refractivity contribution is 9.11. The minimum absolute atomic E-state index is 0.899. The van der Waals surface area contributed by atoms with Crippen LogP contribution in [-0.2, 0) is 5.33 Å². The zero-order valence-electron chi connectivity index (χ0n) is 6.48. The molecule has 0 unspecified atom stereocenters. The van der Waals surface area contributed by atoms with Crippen LogP contribution in [0, 0.1) is 0 Å². The van der Waals surface area contributed by atoms with Gasteiger partial charge in [-0.3, -0.25) is 0 Å². The molecule has 0 radical (unpaired) electrons. The van der Waals surface area contributed by atoms with Gasteiger partial charge in [-0.25, -0.2) is 0 Å². The fourth-order valence-electron chi connectivity index (χ4n) is 1.25. The first-order valence-corrected chi connectivity index (χ1v) is 7.16. The van der Waals surface area contributed by atoms with E-state index in [1.807, 2.05) is 0 Å². The van der Waals surface area contributed by atoms with Crippen molar-refractivity contribution < 1.29 is 0 Å². The summed E-state index contributed by atoms with van der Waals surface area (Å²) in [6, 6.07) is 6.44. The molecule has 0 aliphatic rings. The van der Waals surface area contributed by atoms with Crippen LogP contribution in [0.5, 0.6) is 0 Å². The molecule has 0 bridgehead atoms. The van der Waals surface area contributed by atoms with Gasteiger partial charge in [-0.15, -0.1) is 11.3 Å². The third-order valence-corrected chi connectivity index (χ3v) is 4.56. The van der Waals surface area contributed by atoms with E-state index in [1.165, 1.54) is 19.4 Å². The zero-order chi connectivity index (χ0) is 9.42. The summed E-state index contributed by atoms with van der Waals surface area (Å²) in [5, 5.41) is 2.19. The molecule has 0 spiro atoms. The minimum atomic E-state index is 0.899. The predicted molar refractivity (Wildman–Crippen MR) is 69.9 cm³/mol. The third kappa shape index (κ3) is 2.01. The van der Waals surface area contributed by atoms with Crippen molar-refractivity contribution in [1.29, 1.82) is 0 Å². The van der Waals surface area contributed by atoms with Gasteiger partial charge in [0.2, 0.25) is 0 Å². The third-order valence-electron chi connectivity index (χ3n) is 1.77. The Morgan fingerprint density at radius 3 is 2.62 bits per heavy atom. The van der Waals surface area contributed by atoms with Gasteiger partial charge in [-0.2, -0.15) is 0 Å². The van der Waals surface area contributed by atoms with Crippen LogP contribution in [0.1, 0.15) is 5.56 Å². The molecule has 1 aromatic heterocycles. The molecule has 0 aliphatic heterocycles. The monoisotopic (exact) mass is 382 g/mol. The molecule has 1 aromatic carbocycles. The molecule has 2 aromatic rings. The Morgan fingerprint density at radius 1 is 1.15 bits per heavy atom. The Labute approximate surface area is 106 Å². The molecular weight excluding hydrogens is 380 g/mol. The van der Waals surface area contributed by atoms with Crippen molar-refractivity contribution in [1.82, 2.24) is 0 Å². The van der Waals surface area contributed by atoms with Crippen LogP contribution in [0.25, 0.3) is 10.1 Å². The summed E-state index contributed by atoms with van der Waals surface area (Å²) in [7, 11) is 0. The first-order valence-electron chi connectivity index (χ1n) is 3.64. The Kier molecular flexibility index (Phi) is 3.13. The van der Waals surface area contributed by atoms with Crippen LogP contribution in [0.15, 0.2) is 26.5 Å². The fraction of sp³-hybridized carbons (Fsp3) is 0.111. The Hall–Kier alpha value is 0.620. The molecule has 0 amide bonds. The largest absolute Gasteiger partial charge is 0.128 e. The van der Waals surface area contributed by atoms with Crippen LogP contribution in [-0.4, -0.2) is 0 Å². The molecule has 0 nitrogen and oxygen atoms in total. The summed E-state index contributed by atoms with van der Waals surface area (Å²) in [6.07, 6.45) is 0. The molecule has 0 atom stereocenters. The second-order valence-electron chi connectivity index (χ2n) is 2.67. The summed E-state index contributed by atoms with van der Waals surface area (Å²) < 4.78 is 3.68. The number of hydrogen-bond donors (Lipinski definition) is 0. The van der Waals surface area contributed by atoms with Gasteiger partial charge < -0.3 is 0 Å². The summed E-state index contributed by atoms with van der Waals surface area (Å²) in [5.41, 5.74) is 1.33. The van der Waals surface area contributed by atoms with Crippen molar-refractivity contribution in [3.05, 3.63) is 32.0 Å². The normalized spacial score (nSPS) is 11.0. The number of thiophene rings is 1. The number of fused-ring (bicyclic) bond motifs is 1. The van der Waals surface area contributed by atoms with Crippen molar-refractivity contribution >= 4 is 69.2 Å². The van der Waals surface area contributed by atoms with Gasteiger partial charge in [0.25, 0.3) is 0 Å². The number of alkyl halides is 1. The lowest BCUT2D eigenvalue weighted by molar-refractivity contribution is 1.49. The van der Waals surface area contributed by atoms with Crippen LogP contribution < -0.4 is 0 Å². The molecule has 0 saturated heterocycles. The van der Waals surface area contributed by atoms with E-state index in [0.29, 0.717) is 0 Å². The molecule has 13 heavy (non-hydrogen) atoms. The van der Waals surface area contributed by atoms with Crippen molar-refractivity contribution in [2.75, 3.05) is 0 Å². The molecule has 1 heterocycles. The lowest BCUT2D eigenvalue weighted by Crippen LogP contribution is -1.77. The van der Waals surface area contributed by atoms with E-state index >= 15 is 0 Å². The van der Waals surface area contributed by atoms with Gasteiger partial charge in [0.15, 0.2) is 0 Å². The molecule has 0 N–H and O–H groups in total. The maximum atomic E-state index is 3.50. The van der Waals surface area contributed by atoms with Crippen LogP contribution in [0.3, 0.4) is 0 Å². The van der Waals surface area contributed by atoms with Crippen molar-refractivity contribution in [2.45, 2.75) is 5.33 Å². The van der Waals surface area contributed by atoms with Crippen molar-refractivity contribution in [3.8, 4) is 0 Å². The highest BCUT2D eigenvalue weighted by Gasteiger charge is 2.05. The standard InChI is InChI=1S/C9H5Br3S/c10-4-6-2-7(11)1-5-3-8(12)13-9(5)6/h1-3H,4H2. The molecular formula is C9H5Br3S. The van der Waals surface area contributed by atoms with E-state index in [9.17, 15) is 0 Å².